The summed E-state index contributed by atoms with van der Waals surface area (Å²) in [7, 11) is 0. The second-order valence-corrected chi connectivity index (χ2v) is 7.00. The van der Waals surface area contributed by atoms with Crippen LogP contribution < -0.4 is 10.1 Å². The van der Waals surface area contributed by atoms with Gasteiger partial charge >= 0.3 is 0 Å². The van der Waals surface area contributed by atoms with Crippen molar-refractivity contribution in [2.24, 2.45) is 0 Å². The summed E-state index contributed by atoms with van der Waals surface area (Å²) in [6.07, 6.45) is 1.75. The number of carbonyl (C=O) groups is 1. The van der Waals surface area contributed by atoms with Gasteiger partial charge in [-0.1, -0.05) is 12.1 Å². The molecule has 0 fully saturated rings. The summed E-state index contributed by atoms with van der Waals surface area (Å²) in [5.41, 5.74) is 2.45. The molecule has 2 aromatic rings. The smallest absolute Gasteiger partial charge is 0.230 e. The fourth-order valence-electron chi connectivity index (χ4n) is 2.77. The molecule has 0 bridgehead atoms. The van der Waals surface area contributed by atoms with Crippen LogP contribution in [0.5, 0.6) is 5.75 Å². The van der Waals surface area contributed by atoms with E-state index in [2.05, 4.69) is 17.4 Å². The Hall–Kier alpha value is -2.01. The Bertz CT molecular complexity index is 718. The highest BCUT2D eigenvalue weighted by Gasteiger charge is 2.14. The lowest BCUT2D eigenvalue weighted by atomic mass is 10.0. The number of thioether (sulfide) groups is 1. The van der Waals surface area contributed by atoms with Crippen LogP contribution >= 0.6 is 11.8 Å². The van der Waals surface area contributed by atoms with Gasteiger partial charge in [-0.2, -0.15) is 0 Å². The maximum absolute atomic E-state index is 12.9. The van der Waals surface area contributed by atoms with E-state index in [0.29, 0.717) is 5.75 Å². The van der Waals surface area contributed by atoms with Gasteiger partial charge in [-0.3, -0.25) is 4.79 Å². The van der Waals surface area contributed by atoms with Crippen molar-refractivity contribution in [3.8, 4) is 5.75 Å². The van der Waals surface area contributed by atoms with E-state index in [0.717, 1.165) is 30.1 Å². The number of hydrogen-bond donors (Lipinski definition) is 1. The molecular weight excluding hydrogens is 325 g/mol. The number of carbonyl (C=O) groups excluding carboxylic acids is 1. The van der Waals surface area contributed by atoms with Crippen molar-refractivity contribution in [2.45, 2.75) is 30.7 Å². The Kier molecular flexibility index (Phi) is 5.41. The largest absolute Gasteiger partial charge is 0.493 e. The van der Waals surface area contributed by atoms with E-state index in [1.807, 2.05) is 13.0 Å². The molecule has 0 saturated carbocycles. The topological polar surface area (TPSA) is 38.3 Å². The average molecular weight is 345 g/mol. The second-order valence-electron chi connectivity index (χ2n) is 5.96. The molecule has 1 atom stereocenters. The number of amides is 1. The van der Waals surface area contributed by atoms with Crippen LogP contribution in [0.4, 0.5) is 4.39 Å². The van der Waals surface area contributed by atoms with Gasteiger partial charge in [0.15, 0.2) is 0 Å². The fourth-order valence-corrected chi connectivity index (χ4v) is 3.48. The minimum Gasteiger partial charge on any atom is -0.493 e. The van der Waals surface area contributed by atoms with Gasteiger partial charge in [0, 0.05) is 17.4 Å². The lowest BCUT2D eigenvalue weighted by Crippen LogP contribution is -2.35. The van der Waals surface area contributed by atoms with Crippen molar-refractivity contribution in [3.63, 3.8) is 0 Å². The summed E-state index contributed by atoms with van der Waals surface area (Å²) >= 11 is 1.41. The maximum atomic E-state index is 12.9. The molecule has 24 heavy (non-hydrogen) atoms. The van der Waals surface area contributed by atoms with Crippen LogP contribution in [0.25, 0.3) is 0 Å². The molecule has 126 valence electrons. The maximum Gasteiger partial charge on any atom is 0.230 e. The third kappa shape index (κ3) is 4.51. The van der Waals surface area contributed by atoms with Gasteiger partial charge in [-0.05, 0) is 54.8 Å². The highest BCUT2D eigenvalue weighted by molar-refractivity contribution is 8.00. The monoisotopic (exact) mass is 345 g/mol. The summed E-state index contributed by atoms with van der Waals surface area (Å²) in [6, 6.07) is 12.5. The van der Waals surface area contributed by atoms with Crippen molar-refractivity contribution >= 4 is 17.7 Å². The first-order chi connectivity index (χ1) is 11.6. The van der Waals surface area contributed by atoms with Crippen LogP contribution in [0.2, 0.25) is 0 Å². The Labute approximate surface area is 145 Å². The zero-order valence-electron chi connectivity index (χ0n) is 13.5. The molecule has 5 heteroatoms. The number of halogens is 1. The fraction of sp³-hybridized carbons (Fsp3) is 0.316. The minimum atomic E-state index is -0.267. The van der Waals surface area contributed by atoms with Crippen LogP contribution in [0.3, 0.4) is 0 Å². The molecule has 1 aliphatic rings. The normalized spacial score (nSPS) is 13.9. The van der Waals surface area contributed by atoms with E-state index in [-0.39, 0.29) is 17.8 Å². The van der Waals surface area contributed by atoms with E-state index in [4.69, 9.17) is 4.74 Å². The molecule has 0 aliphatic carbocycles. The molecular formula is C19H20FNO2S. The van der Waals surface area contributed by atoms with Gasteiger partial charge in [-0.15, -0.1) is 11.8 Å². The number of rotatable bonds is 6. The summed E-state index contributed by atoms with van der Waals surface area (Å²) in [4.78, 5) is 12.9. The molecule has 1 amide bonds. The summed E-state index contributed by atoms with van der Waals surface area (Å²) < 4.78 is 18.4. The summed E-state index contributed by atoms with van der Waals surface area (Å²) in [6.45, 7) is 2.76. The number of benzene rings is 2. The molecule has 3 rings (SSSR count). The van der Waals surface area contributed by atoms with Gasteiger partial charge in [0.2, 0.25) is 5.91 Å². The molecule has 0 saturated heterocycles. The summed E-state index contributed by atoms with van der Waals surface area (Å²) in [5.74, 6) is 1.03. The zero-order chi connectivity index (χ0) is 16.9. The first-order valence-electron chi connectivity index (χ1n) is 8.02. The Morgan fingerprint density at radius 2 is 2.08 bits per heavy atom. The van der Waals surface area contributed by atoms with E-state index in [1.165, 1.54) is 35.0 Å². The first-order valence-corrected chi connectivity index (χ1v) is 9.01. The van der Waals surface area contributed by atoms with Crippen molar-refractivity contribution in [3.05, 3.63) is 59.4 Å². The van der Waals surface area contributed by atoms with E-state index in [1.54, 1.807) is 12.1 Å². The van der Waals surface area contributed by atoms with Crippen LogP contribution in [0.15, 0.2) is 47.4 Å². The SMILES string of the molecule is CC(Cc1ccc2c(c1)CCO2)NC(=O)CSc1ccc(F)cc1. The van der Waals surface area contributed by atoms with Crippen molar-refractivity contribution in [1.29, 1.82) is 0 Å². The molecule has 1 unspecified atom stereocenters. The predicted octanol–water partition coefficient (Wildman–Crippen LogP) is 3.60. The highest BCUT2D eigenvalue weighted by Crippen LogP contribution is 2.26. The van der Waals surface area contributed by atoms with Gasteiger partial charge in [0.05, 0.1) is 12.4 Å². The summed E-state index contributed by atoms with van der Waals surface area (Å²) in [5, 5.41) is 3.01. The molecule has 3 nitrogen and oxygen atoms in total. The van der Waals surface area contributed by atoms with Crippen molar-refractivity contribution in [1.82, 2.24) is 5.32 Å². The third-order valence-corrected chi connectivity index (χ3v) is 4.90. The average Bonchev–Trinajstić information content (AvgIpc) is 3.02. The van der Waals surface area contributed by atoms with Crippen LogP contribution in [0.1, 0.15) is 18.1 Å². The molecule has 1 heterocycles. The van der Waals surface area contributed by atoms with E-state index >= 15 is 0 Å². The van der Waals surface area contributed by atoms with E-state index in [9.17, 15) is 9.18 Å². The molecule has 1 aliphatic heterocycles. The third-order valence-electron chi connectivity index (χ3n) is 3.89. The van der Waals surface area contributed by atoms with Gasteiger partial charge in [-0.25, -0.2) is 4.39 Å². The second kappa shape index (κ2) is 7.71. The Balaban J connectivity index is 1.46. The number of hydrogen-bond acceptors (Lipinski definition) is 3. The number of nitrogens with one attached hydrogen (secondary N) is 1. The lowest BCUT2D eigenvalue weighted by molar-refractivity contribution is -0.119. The van der Waals surface area contributed by atoms with Crippen LogP contribution in [-0.2, 0) is 17.6 Å². The Morgan fingerprint density at radius 3 is 2.88 bits per heavy atom. The van der Waals surface area contributed by atoms with Crippen molar-refractivity contribution < 1.29 is 13.9 Å². The molecule has 0 aromatic heterocycles. The molecule has 1 N–H and O–H groups in total. The molecule has 0 radical (unpaired) electrons. The predicted molar refractivity (Wildman–Crippen MR) is 94.1 cm³/mol. The number of ether oxygens (including phenoxy) is 1. The molecule has 0 spiro atoms. The van der Waals surface area contributed by atoms with Crippen LogP contribution in [-0.4, -0.2) is 24.3 Å². The number of fused-ring (bicyclic) bond motifs is 1. The quantitative estimate of drug-likeness (QED) is 0.813. The standard InChI is InChI=1S/C19H20FNO2S/c1-13(10-14-2-7-18-15(11-14)8-9-23-18)21-19(22)12-24-17-5-3-16(20)4-6-17/h2-7,11,13H,8-10,12H2,1H3,(H,21,22). The highest BCUT2D eigenvalue weighted by atomic mass is 32.2. The van der Waals surface area contributed by atoms with Gasteiger partial charge in [0.25, 0.3) is 0 Å². The van der Waals surface area contributed by atoms with Crippen molar-refractivity contribution in [2.75, 3.05) is 12.4 Å². The minimum absolute atomic E-state index is 0.0127. The Morgan fingerprint density at radius 1 is 1.29 bits per heavy atom. The molecule has 2 aromatic carbocycles. The first kappa shape index (κ1) is 16.8. The lowest BCUT2D eigenvalue weighted by Gasteiger charge is -2.14. The zero-order valence-corrected chi connectivity index (χ0v) is 14.4. The van der Waals surface area contributed by atoms with Gasteiger partial charge < -0.3 is 10.1 Å². The van der Waals surface area contributed by atoms with E-state index < -0.39 is 0 Å². The van der Waals surface area contributed by atoms with Gasteiger partial charge in [0.1, 0.15) is 11.6 Å². The van der Waals surface area contributed by atoms with Crippen LogP contribution in [0, 0.1) is 5.82 Å².